The summed E-state index contributed by atoms with van der Waals surface area (Å²) in [6.45, 7) is 2.73. The van der Waals surface area contributed by atoms with Crippen molar-refractivity contribution < 1.29 is 9.53 Å². The zero-order valence-corrected chi connectivity index (χ0v) is 16.4. The van der Waals surface area contributed by atoms with Gasteiger partial charge in [-0.1, -0.05) is 11.6 Å². The fourth-order valence-corrected chi connectivity index (χ4v) is 4.21. The first kappa shape index (κ1) is 19.0. The van der Waals surface area contributed by atoms with E-state index >= 15 is 0 Å². The summed E-state index contributed by atoms with van der Waals surface area (Å²) >= 11 is 6.05. The third-order valence-electron chi connectivity index (χ3n) is 5.57. The Labute approximate surface area is 169 Å². The van der Waals surface area contributed by atoms with Crippen molar-refractivity contribution in [2.24, 2.45) is 0 Å². The van der Waals surface area contributed by atoms with Crippen molar-refractivity contribution in [3.8, 4) is 11.8 Å². The molecule has 146 valence electrons. The van der Waals surface area contributed by atoms with Crippen LogP contribution in [0.15, 0.2) is 30.5 Å². The summed E-state index contributed by atoms with van der Waals surface area (Å²) in [5, 5.41) is 10.8. The molecule has 4 rings (SSSR count). The lowest BCUT2D eigenvalue weighted by Crippen LogP contribution is -2.46. The normalized spacial score (nSPS) is 21.0. The molecule has 1 aromatic heterocycles. The molecule has 0 aliphatic carbocycles. The molecule has 0 bridgehead atoms. The van der Waals surface area contributed by atoms with Gasteiger partial charge in [0.25, 0.3) is 0 Å². The van der Waals surface area contributed by atoms with Gasteiger partial charge < -0.3 is 9.64 Å². The molecule has 2 saturated heterocycles. The molecule has 0 N–H and O–H groups in total. The van der Waals surface area contributed by atoms with Gasteiger partial charge in [0.05, 0.1) is 18.1 Å². The average Bonchev–Trinajstić information content (AvgIpc) is 3.18. The highest BCUT2D eigenvalue weighted by Crippen LogP contribution is 2.28. The monoisotopic (exact) mass is 398 g/mol. The van der Waals surface area contributed by atoms with Crippen molar-refractivity contribution in [1.82, 2.24) is 14.8 Å². The zero-order valence-electron chi connectivity index (χ0n) is 15.7. The first-order valence-electron chi connectivity index (χ1n) is 9.76. The average molecular weight is 399 g/mol. The van der Waals surface area contributed by atoms with Crippen LogP contribution in [0.25, 0.3) is 10.9 Å². The van der Waals surface area contributed by atoms with E-state index in [-0.39, 0.29) is 18.1 Å². The lowest BCUT2D eigenvalue weighted by molar-refractivity contribution is -0.132. The minimum absolute atomic E-state index is 0.0698. The number of hydrogen-bond donors (Lipinski definition) is 0. The zero-order chi connectivity index (χ0) is 19.5. The number of fused-ring (bicyclic) bond motifs is 1. The number of halogens is 1. The van der Waals surface area contributed by atoms with Gasteiger partial charge in [0.1, 0.15) is 17.9 Å². The number of likely N-dealkylation sites (tertiary alicyclic amines) is 2. The van der Waals surface area contributed by atoms with Gasteiger partial charge in [0.15, 0.2) is 0 Å². The summed E-state index contributed by atoms with van der Waals surface area (Å²) in [6.07, 6.45) is 5.31. The van der Waals surface area contributed by atoms with Crippen LogP contribution in [-0.4, -0.2) is 59.0 Å². The molecule has 1 aromatic carbocycles. The summed E-state index contributed by atoms with van der Waals surface area (Å²) in [4.78, 5) is 20.8. The van der Waals surface area contributed by atoms with Gasteiger partial charge in [0, 0.05) is 36.2 Å². The highest BCUT2D eigenvalue weighted by Gasteiger charge is 2.30. The molecule has 2 aliphatic heterocycles. The van der Waals surface area contributed by atoms with Crippen LogP contribution < -0.4 is 4.74 Å². The molecular formula is C21H23ClN4O2. The van der Waals surface area contributed by atoms with Crippen LogP contribution in [0.2, 0.25) is 5.02 Å². The molecule has 0 saturated carbocycles. The van der Waals surface area contributed by atoms with Crippen LogP contribution in [0.1, 0.15) is 25.7 Å². The van der Waals surface area contributed by atoms with E-state index < -0.39 is 0 Å². The Kier molecular flexibility index (Phi) is 5.65. The summed E-state index contributed by atoms with van der Waals surface area (Å²) in [5.74, 6) is 0.894. The number of hydrogen-bond acceptors (Lipinski definition) is 5. The predicted molar refractivity (Wildman–Crippen MR) is 107 cm³/mol. The van der Waals surface area contributed by atoms with E-state index in [0.717, 1.165) is 55.4 Å². The largest absolute Gasteiger partial charge is 0.490 e. The number of rotatable bonds is 4. The van der Waals surface area contributed by atoms with E-state index in [1.165, 1.54) is 0 Å². The van der Waals surface area contributed by atoms with Crippen LogP contribution in [0.4, 0.5) is 0 Å². The topological polar surface area (TPSA) is 69.5 Å². The Morgan fingerprint density at radius 2 is 2.07 bits per heavy atom. The van der Waals surface area contributed by atoms with E-state index in [1.54, 1.807) is 11.1 Å². The van der Waals surface area contributed by atoms with Gasteiger partial charge in [-0.3, -0.25) is 14.7 Å². The number of nitrogens with zero attached hydrogens (tertiary/aromatic N) is 4. The summed E-state index contributed by atoms with van der Waals surface area (Å²) in [7, 11) is 0. The Morgan fingerprint density at radius 3 is 2.86 bits per heavy atom. The lowest BCUT2D eigenvalue weighted by atomic mass is 10.1. The van der Waals surface area contributed by atoms with Crippen LogP contribution in [0.3, 0.4) is 0 Å². The molecule has 2 fully saturated rings. The standard InChI is InChI=1S/C21H23ClN4O2/c22-15-3-4-18-19(12-15)24-8-5-20(18)28-17-6-10-25(11-7-17)14-21(27)26-9-1-2-16(26)13-23/h3-5,8,12,16-17H,1-2,6-7,9-11,14H2/t16-/m0/s1. The van der Waals surface area contributed by atoms with E-state index in [0.29, 0.717) is 18.1 Å². The van der Waals surface area contributed by atoms with Gasteiger partial charge in [-0.05, 0) is 49.9 Å². The predicted octanol–water partition coefficient (Wildman–Crippen LogP) is 3.25. The SMILES string of the molecule is N#C[C@@H]1CCCN1C(=O)CN1CCC(Oc2ccnc3cc(Cl)ccc23)CC1. The van der Waals surface area contributed by atoms with Crippen LogP contribution in [-0.2, 0) is 4.79 Å². The second kappa shape index (κ2) is 8.34. The van der Waals surface area contributed by atoms with Crippen LogP contribution in [0.5, 0.6) is 5.75 Å². The molecule has 2 aliphatic rings. The van der Waals surface area contributed by atoms with Crippen molar-refractivity contribution in [3.05, 3.63) is 35.5 Å². The van der Waals surface area contributed by atoms with Crippen molar-refractivity contribution in [2.75, 3.05) is 26.2 Å². The maximum absolute atomic E-state index is 12.5. The van der Waals surface area contributed by atoms with Gasteiger partial charge >= 0.3 is 0 Å². The molecule has 1 atom stereocenters. The number of aromatic nitrogens is 1. The second-order valence-electron chi connectivity index (χ2n) is 7.44. The molecule has 1 amide bonds. The fraction of sp³-hybridized carbons (Fsp3) is 0.476. The number of pyridine rings is 1. The smallest absolute Gasteiger partial charge is 0.237 e. The highest BCUT2D eigenvalue weighted by molar-refractivity contribution is 6.31. The quantitative estimate of drug-likeness (QED) is 0.790. The minimum Gasteiger partial charge on any atom is -0.490 e. The van der Waals surface area contributed by atoms with Gasteiger partial charge in [0.2, 0.25) is 5.91 Å². The number of piperidine rings is 1. The number of carbonyl (C=O) groups excluding carboxylic acids is 1. The van der Waals surface area contributed by atoms with Crippen molar-refractivity contribution in [1.29, 1.82) is 5.26 Å². The van der Waals surface area contributed by atoms with Gasteiger partial charge in [-0.15, -0.1) is 0 Å². The van der Waals surface area contributed by atoms with Gasteiger partial charge in [-0.2, -0.15) is 5.26 Å². The Bertz CT molecular complexity index is 905. The Morgan fingerprint density at radius 1 is 1.25 bits per heavy atom. The summed E-state index contributed by atoms with van der Waals surface area (Å²) in [5.41, 5.74) is 0.825. The molecule has 2 aromatic rings. The van der Waals surface area contributed by atoms with Crippen LogP contribution in [0, 0.1) is 11.3 Å². The van der Waals surface area contributed by atoms with Crippen LogP contribution >= 0.6 is 11.6 Å². The third-order valence-corrected chi connectivity index (χ3v) is 5.81. The van der Waals surface area contributed by atoms with E-state index in [1.807, 2.05) is 24.3 Å². The number of nitriles is 1. The molecule has 6 nitrogen and oxygen atoms in total. The maximum atomic E-state index is 12.5. The molecule has 3 heterocycles. The van der Waals surface area contributed by atoms with Crippen molar-refractivity contribution in [3.63, 3.8) is 0 Å². The molecule has 7 heteroatoms. The molecule has 0 spiro atoms. The first-order chi connectivity index (χ1) is 13.6. The lowest BCUT2D eigenvalue weighted by Gasteiger charge is -2.33. The Balaban J connectivity index is 1.33. The van der Waals surface area contributed by atoms with E-state index in [9.17, 15) is 10.1 Å². The number of amides is 1. The maximum Gasteiger partial charge on any atom is 0.237 e. The summed E-state index contributed by atoms with van der Waals surface area (Å²) < 4.78 is 6.25. The highest BCUT2D eigenvalue weighted by atomic mass is 35.5. The molecular weight excluding hydrogens is 376 g/mol. The third kappa shape index (κ3) is 4.06. The van der Waals surface area contributed by atoms with E-state index in [2.05, 4.69) is 16.0 Å². The molecule has 0 radical (unpaired) electrons. The van der Waals surface area contributed by atoms with Gasteiger partial charge in [-0.25, -0.2) is 0 Å². The van der Waals surface area contributed by atoms with Crippen molar-refractivity contribution in [2.45, 2.75) is 37.8 Å². The number of benzene rings is 1. The molecule has 28 heavy (non-hydrogen) atoms. The number of carbonyl (C=O) groups is 1. The van der Waals surface area contributed by atoms with E-state index in [4.69, 9.17) is 16.3 Å². The molecule has 0 unspecified atom stereocenters. The number of ether oxygens (including phenoxy) is 1. The first-order valence-corrected chi connectivity index (χ1v) is 10.1. The summed E-state index contributed by atoms with van der Waals surface area (Å²) in [6, 6.07) is 9.50. The second-order valence-corrected chi connectivity index (χ2v) is 7.87. The van der Waals surface area contributed by atoms with Crippen molar-refractivity contribution >= 4 is 28.4 Å². The minimum atomic E-state index is -0.248. The fourth-order valence-electron chi connectivity index (χ4n) is 4.04. The Hall–Kier alpha value is -2.36.